The number of amides is 2. The number of benzene rings is 1. The molecule has 0 unspecified atom stereocenters. The minimum Gasteiger partial charge on any atom is -0.469 e. The van der Waals surface area contributed by atoms with Crippen LogP contribution in [0.4, 0.5) is 10.5 Å². The van der Waals surface area contributed by atoms with Crippen LogP contribution in [0.2, 0.25) is 0 Å². The van der Waals surface area contributed by atoms with Crippen LogP contribution >= 0.6 is 15.9 Å². The number of ether oxygens (including phenoxy) is 1. The van der Waals surface area contributed by atoms with Gasteiger partial charge in [0.15, 0.2) is 9.92 Å². The molecule has 3 N–H and O–H groups in total. The molecule has 0 radical (unpaired) electrons. The van der Waals surface area contributed by atoms with Crippen molar-refractivity contribution in [3.63, 3.8) is 0 Å². The van der Waals surface area contributed by atoms with Crippen LogP contribution in [0.5, 0.6) is 5.88 Å². The molecule has 0 fully saturated rings. The first-order valence-corrected chi connectivity index (χ1v) is 11.5. The average Bonchev–Trinajstić information content (AvgIpc) is 2.97. The number of anilines is 1. The number of nitrogens with zero attached hydrogens (tertiary/aromatic N) is 3. The molecule has 2 heterocycles. The Morgan fingerprint density at radius 3 is 2.46 bits per heavy atom. The molecule has 0 bridgehead atoms. The van der Waals surface area contributed by atoms with Crippen LogP contribution in [0, 0.1) is 0 Å². The summed E-state index contributed by atoms with van der Waals surface area (Å²) in [6.45, 7) is 4.31. The monoisotopic (exact) mass is 465 g/mol. The minimum atomic E-state index is -3.48. The molecule has 1 aromatic carbocycles. The molecule has 2 aliphatic carbocycles. The maximum Gasteiger partial charge on any atom is 0.354 e. The third kappa shape index (κ3) is 2.61. The lowest BCUT2D eigenvalue weighted by Crippen LogP contribution is -2.27. The molecule has 1 aromatic heterocycles. The third-order valence-corrected chi connectivity index (χ3v) is 7.85. The van der Waals surface area contributed by atoms with Crippen molar-refractivity contribution in [2.45, 2.75) is 56.6 Å². The predicted molar refractivity (Wildman–Crippen MR) is 108 cm³/mol. The molecule has 28 heavy (non-hydrogen) atoms. The highest BCUT2D eigenvalue weighted by molar-refractivity contribution is 9.10. The smallest absolute Gasteiger partial charge is 0.354 e. The summed E-state index contributed by atoms with van der Waals surface area (Å²) < 4.78 is 25.4. The lowest BCUT2D eigenvalue weighted by molar-refractivity contribution is 0.132. The SMILES string of the molecule is CC1(C)Cn2ncc([S@@](N)(=O)=NC(=O)Nc3c4c(c(Br)c5c3CC5)CC4)c2O1. The number of nitrogens with two attached hydrogens (primary N) is 1. The van der Waals surface area contributed by atoms with Gasteiger partial charge in [-0.2, -0.15) is 5.10 Å². The second-order valence-electron chi connectivity index (χ2n) is 8.03. The second-order valence-corrected chi connectivity index (χ2v) is 10.6. The first-order valence-electron chi connectivity index (χ1n) is 9.12. The Bertz CT molecular complexity index is 1140. The van der Waals surface area contributed by atoms with Crippen molar-refractivity contribution >= 4 is 37.6 Å². The number of nitrogens with one attached hydrogen (secondary N) is 1. The van der Waals surface area contributed by atoms with Crippen LogP contribution in [0.25, 0.3) is 0 Å². The third-order valence-electron chi connectivity index (χ3n) is 5.54. The van der Waals surface area contributed by atoms with Crippen LogP contribution in [-0.2, 0) is 42.1 Å². The van der Waals surface area contributed by atoms with Gasteiger partial charge < -0.3 is 10.1 Å². The van der Waals surface area contributed by atoms with Gasteiger partial charge in [0.1, 0.15) is 10.5 Å². The molecular formula is C18H20BrN5O3S. The Balaban J connectivity index is 1.47. The van der Waals surface area contributed by atoms with Gasteiger partial charge in [-0.25, -0.2) is 18.8 Å². The highest BCUT2D eigenvalue weighted by Gasteiger charge is 2.36. The topological polar surface area (TPSA) is 112 Å². The quantitative estimate of drug-likeness (QED) is 0.709. The molecule has 1 aliphatic heterocycles. The van der Waals surface area contributed by atoms with Gasteiger partial charge in [-0.1, -0.05) is 15.9 Å². The highest BCUT2D eigenvalue weighted by atomic mass is 79.9. The zero-order valence-electron chi connectivity index (χ0n) is 15.5. The summed E-state index contributed by atoms with van der Waals surface area (Å²) in [4.78, 5) is 12.7. The lowest BCUT2D eigenvalue weighted by Gasteiger charge is -2.33. The summed E-state index contributed by atoms with van der Waals surface area (Å²) in [5, 5.41) is 12.9. The van der Waals surface area contributed by atoms with E-state index in [9.17, 15) is 9.00 Å². The van der Waals surface area contributed by atoms with E-state index >= 15 is 0 Å². The maximum absolute atomic E-state index is 13.0. The number of halogens is 1. The Morgan fingerprint density at radius 2 is 1.89 bits per heavy atom. The van der Waals surface area contributed by atoms with Crippen molar-refractivity contribution in [2.24, 2.45) is 9.50 Å². The van der Waals surface area contributed by atoms with Gasteiger partial charge in [-0.15, -0.1) is 4.36 Å². The van der Waals surface area contributed by atoms with Crippen LogP contribution < -0.4 is 15.2 Å². The van der Waals surface area contributed by atoms with Crippen LogP contribution in [-0.4, -0.2) is 25.6 Å². The second kappa shape index (κ2) is 5.80. The van der Waals surface area contributed by atoms with E-state index in [0.717, 1.165) is 42.5 Å². The fourth-order valence-electron chi connectivity index (χ4n) is 4.03. The van der Waals surface area contributed by atoms with Crippen molar-refractivity contribution in [2.75, 3.05) is 5.32 Å². The number of carbonyl (C=O) groups excluding carboxylic acids is 1. The number of carbonyl (C=O) groups is 1. The molecule has 1 atom stereocenters. The van der Waals surface area contributed by atoms with Gasteiger partial charge in [-0.05, 0) is 61.8 Å². The van der Waals surface area contributed by atoms with Crippen molar-refractivity contribution in [1.29, 1.82) is 0 Å². The molecule has 8 nitrogen and oxygen atoms in total. The maximum atomic E-state index is 13.0. The Labute approximate surface area is 171 Å². The molecular weight excluding hydrogens is 446 g/mol. The zero-order valence-corrected chi connectivity index (χ0v) is 17.9. The van der Waals surface area contributed by atoms with Crippen molar-refractivity contribution in [3.05, 3.63) is 32.9 Å². The van der Waals surface area contributed by atoms with E-state index in [1.54, 1.807) is 4.68 Å². The summed E-state index contributed by atoms with van der Waals surface area (Å²) in [5.74, 6) is 0.311. The summed E-state index contributed by atoms with van der Waals surface area (Å²) in [7, 11) is -3.48. The molecule has 10 heteroatoms. The first-order chi connectivity index (χ1) is 13.2. The summed E-state index contributed by atoms with van der Waals surface area (Å²) in [6.07, 6.45) is 5.17. The molecule has 0 saturated heterocycles. The average molecular weight is 466 g/mol. The number of hydrogen-bond donors (Lipinski definition) is 2. The number of aromatic nitrogens is 2. The summed E-state index contributed by atoms with van der Waals surface area (Å²) in [6, 6.07) is -0.713. The molecule has 0 spiro atoms. The van der Waals surface area contributed by atoms with Crippen molar-refractivity contribution < 1.29 is 13.7 Å². The first kappa shape index (κ1) is 18.1. The van der Waals surface area contributed by atoms with Crippen molar-refractivity contribution in [3.8, 4) is 5.88 Å². The van der Waals surface area contributed by atoms with Gasteiger partial charge in [0.25, 0.3) is 0 Å². The molecule has 5 rings (SSSR count). The largest absolute Gasteiger partial charge is 0.469 e. The highest BCUT2D eigenvalue weighted by Crippen LogP contribution is 2.46. The van der Waals surface area contributed by atoms with E-state index in [1.807, 2.05) is 13.8 Å². The Hall–Kier alpha value is -1.91. The molecule has 2 aromatic rings. The predicted octanol–water partition coefficient (Wildman–Crippen LogP) is 2.95. The summed E-state index contributed by atoms with van der Waals surface area (Å²) in [5.41, 5.74) is 5.09. The van der Waals surface area contributed by atoms with E-state index in [1.165, 1.54) is 21.8 Å². The number of urea groups is 1. The molecule has 3 aliphatic rings. The van der Waals surface area contributed by atoms with E-state index in [-0.39, 0.29) is 4.90 Å². The van der Waals surface area contributed by atoms with E-state index in [4.69, 9.17) is 9.88 Å². The standard InChI is InChI=1S/C18H20BrN5O3S/c1-18(2)8-24-16(27-18)13(7-21-24)28(20,26)23-17(25)22-15-11-5-3-9(11)14(19)10-4-6-12(10)15/h7H,3-6,8H2,1-2H3,(H3,20,22,23,25,26)/t28-/m0/s1. The van der Waals surface area contributed by atoms with Gasteiger partial charge >= 0.3 is 6.03 Å². The van der Waals surface area contributed by atoms with Crippen LogP contribution in [0.1, 0.15) is 36.1 Å². The fraction of sp³-hybridized carbons (Fsp3) is 0.444. The van der Waals surface area contributed by atoms with Crippen LogP contribution in [0.3, 0.4) is 0 Å². The number of hydrogen-bond acceptors (Lipinski definition) is 4. The van der Waals surface area contributed by atoms with Gasteiger partial charge in [0.2, 0.25) is 5.88 Å². The van der Waals surface area contributed by atoms with E-state index in [0.29, 0.717) is 12.4 Å². The van der Waals surface area contributed by atoms with Gasteiger partial charge in [0, 0.05) is 10.2 Å². The Kier molecular flexibility index (Phi) is 3.76. The minimum absolute atomic E-state index is 0.144. The normalized spacial score (nSPS) is 19.9. The van der Waals surface area contributed by atoms with E-state index < -0.39 is 21.5 Å². The zero-order chi connectivity index (χ0) is 19.8. The molecule has 148 valence electrons. The molecule has 2 amide bonds. The molecule has 0 saturated carbocycles. The lowest BCUT2D eigenvalue weighted by atomic mass is 9.76. The number of fused-ring (bicyclic) bond motifs is 3. The number of rotatable bonds is 2. The Morgan fingerprint density at radius 1 is 1.29 bits per heavy atom. The van der Waals surface area contributed by atoms with E-state index in [2.05, 4.69) is 30.7 Å². The summed E-state index contributed by atoms with van der Waals surface area (Å²) >= 11 is 3.67. The fourth-order valence-corrected chi connectivity index (χ4v) is 5.89. The van der Waals surface area contributed by atoms with Gasteiger partial charge in [-0.3, -0.25) is 0 Å². The van der Waals surface area contributed by atoms with Gasteiger partial charge in [0.05, 0.1) is 12.7 Å². The van der Waals surface area contributed by atoms with Crippen molar-refractivity contribution in [1.82, 2.24) is 9.78 Å². The van der Waals surface area contributed by atoms with Crippen LogP contribution in [0.15, 0.2) is 19.9 Å².